The molecule has 0 bridgehead atoms. The standard InChI is InChI=1S/C42H78N6O4/c1-29(14-13-25-49)32-18-19-33-40-34(28-36(42(32,33)3)48-39(52)17-9-6-12-24-45)41(2)21-20-31(46-37(50)15-7-4-10-22-43)26-30(41)27-35(40)47-38(51)16-8-5-11-23-44/h29-36,40,49H,4-28,43-45H2,1-3H3,(H,46,50)(H,47,51)(H,48,52)/t29-,30?,31-,32-,33+,34+,35-,36+,40?,41+,42?/m1/s1. The molecule has 3 amide bonds. The van der Waals surface area contributed by atoms with Gasteiger partial charge in [-0.25, -0.2) is 0 Å². The summed E-state index contributed by atoms with van der Waals surface area (Å²) in [5, 5.41) is 20.5. The van der Waals surface area contributed by atoms with Crippen LogP contribution in [0.4, 0.5) is 0 Å². The summed E-state index contributed by atoms with van der Waals surface area (Å²) < 4.78 is 0. The molecule has 10 heteroatoms. The molecule has 0 aliphatic heterocycles. The number of aliphatic hydroxyl groups is 1. The highest BCUT2D eigenvalue weighted by molar-refractivity contribution is 5.77. The van der Waals surface area contributed by atoms with Crippen molar-refractivity contribution in [3.8, 4) is 0 Å². The van der Waals surface area contributed by atoms with Crippen LogP contribution in [0, 0.1) is 46.3 Å². The first kappa shape index (κ1) is 43.0. The van der Waals surface area contributed by atoms with Crippen LogP contribution in [-0.2, 0) is 14.4 Å². The molecular formula is C42H78N6O4. The number of carbonyl (C=O) groups excluding carboxylic acids is 3. The second kappa shape index (κ2) is 20.8. The van der Waals surface area contributed by atoms with E-state index in [1.54, 1.807) is 0 Å². The Hall–Kier alpha value is -1.75. The van der Waals surface area contributed by atoms with Crippen molar-refractivity contribution in [2.45, 2.75) is 174 Å². The number of fused-ring (bicyclic) bond motifs is 5. The minimum atomic E-state index is -0.0919. The maximum absolute atomic E-state index is 13.7. The zero-order chi connectivity index (χ0) is 37.7. The third-order valence-electron chi connectivity index (χ3n) is 14.8. The lowest BCUT2D eigenvalue weighted by molar-refractivity contribution is -0.154. The molecular weight excluding hydrogens is 652 g/mol. The van der Waals surface area contributed by atoms with Crippen molar-refractivity contribution in [1.82, 2.24) is 16.0 Å². The number of hydrogen-bond acceptors (Lipinski definition) is 7. The highest BCUT2D eigenvalue weighted by Gasteiger charge is 2.66. The van der Waals surface area contributed by atoms with Crippen LogP contribution in [0.2, 0.25) is 0 Å². The molecule has 0 aromatic heterocycles. The average molecular weight is 731 g/mol. The van der Waals surface area contributed by atoms with Gasteiger partial charge >= 0.3 is 0 Å². The van der Waals surface area contributed by atoms with Crippen LogP contribution in [0.15, 0.2) is 0 Å². The first-order chi connectivity index (χ1) is 25.0. The highest BCUT2D eigenvalue weighted by atomic mass is 16.3. The van der Waals surface area contributed by atoms with Gasteiger partial charge in [-0.05, 0) is 162 Å². The van der Waals surface area contributed by atoms with E-state index in [4.69, 9.17) is 17.2 Å². The lowest BCUT2D eigenvalue weighted by Gasteiger charge is -2.65. The maximum atomic E-state index is 13.7. The van der Waals surface area contributed by atoms with Crippen molar-refractivity contribution in [2.75, 3.05) is 26.2 Å². The molecule has 0 radical (unpaired) electrons. The molecule has 52 heavy (non-hydrogen) atoms. The molecule has 0 saturated heterocycles. The lowest BCUT2D eigenvalue weighted by Crippen LogP contribution is -2.67. The molecule has 0 aromatic rings. The summed E-state index contributed by atoms with van der Waals surface area (Å²) in [5.74, 6) is 2.84. The van der Waals surface area contributed by atoms with E-state index in [0.717, 1.165) is 116 Å². The van der Waals surface area contributed by atoms with Crippen molar-refractivity contribution in [3.05, 3.63) is 0 Å². The molecule has 10 N–H and O–H groups in total. The summed E-state index contributed by atoms with van der Waals surface area (Å²) >= 11 is 0. The van der Waals surface area contributed by atoms with E-state index < -0.39 is 0 Å². The second-order valence-electron chi connectivity index (χ2n) is 18.0. The van der Waals surface area contributed by atoms with Gasteiger partial charge in [-0.2, -0.15) is 0 Å². The Morgan fingerprint density at radius 2 is 1.27 bits per heavy atom. The number of unbranched alkanes of at least 4 members (excludes halogenated alkanes) is 6. The number of carbonyl (C=O) groups is 3. The van der Waals surface area contributed by atoms with Gasteiger partial charge in [0.1, 0.15) is 0 Å². The average Bonchev–Trinajstić information content (AvgIpc) is 3.48. The van der Waals surface area contributed by atoms with Crippen LogP contribution in [0.25, 0.3) is 0 Å². The number of nitrogens with two attached hydrogens (primary N) is 3. The Kier molecular flexibility index (Phi) is 17.2. The minimum absolute atomic E-state index is 0.0685. The third kappa shape index (κ3) is 10.5. The summed E-state index contributed by atoms with van der Waals surface area (Å²) in [4.78, 5) is 40.4. The fraction of sp³-hybridized carbons (Fsp3) is 0.929. The lowest BCUT2D eigenvalue weighted by atomic mass is 9.42. The first-order valence-electron chi connectivity index (χ1n) is 21.6. The Labute approximate surface area is 316 Å². The molecule has 4 fully saturated rings. The van der Waals surface area contributed by atoms with Crippen LogP contribution in [0.1, 0.15) is 156 Å². The van der Waals surface area contributed by atoms with Crippen LogP contribution in [0.3, 0.4) is 0 Å². The molecule has 11 atom stereocenters. The summed E-state index contributed by atoms with van der Waals surface area (Å²) in [5.41, 5.74) is 17.1. The van der Waals surface area contributed by atoms with E-state index in [1.165, 1.54) is 0 Å². The fourth-order valence-corrected chi connectivity index (χ4v) is 12.0. The van der Waals surface area contributed by atoms with Crippen molar-refractivity contribution in [3.63, 3.8) is 0 Å². The SMILES string of the molecule is C[C@H](CCCO)[C@H]1CC[C@H]2C3[C@H](NC(=O)CCCCCN)CC4C[C@H](NC(=O)CCCCCN)CC[C@]4(C)[C@H]3C[C@H](NC(=O)CCCCCN)C12C. The van der Waals surface area contributed by atoms with Crippen LogP contribution in [-0.4, -0.2) is 67.2 Å². The molecule has 3 unspecified atom stereocenters. The molecule has 0 spiro atoms. The van der Waals surface area contributed by atoms with Crippen molar-refractivity contribution in [1.29, 1.82) is 0 Å². The first-order valence-corrected chi connectivity index (χ1v) is 21.6. The molecule has 4 aliphatic rings. The Morgan fingerprint density at radius 1 is 0.692 bits per heavy atom. The van der Waals surface area contributed by atoms with E-state index in [9.17, 15) is 19.5 Å². The van der Waals surface area contributed by atoms with Gasteiger partial charge in [0.2, 0.25) is 17.7 Å². The van der Waals surface area contributed by atoms with Crippen LogP contribution in [0.5, 0.6) is 0 Å². The predicted molar refractivity (Wildman–Crippen MR) is 210 cm³/mol. The maximum Gasteiger partial charge on any atom is 0.220 e. The van der Waals surface area contributed by atoms with E-state index in [-0.39, 0.29) is 53.3 Å². The Morgan fingerprint density at radius 3 is 1.85 bits per heavy atom. The van der Waals surface area contributed by atoms with Gasteiger partial charge in [0.25, 0.3) is 0 Å². The van der Waals surface area contributed by atoms with Gasteiger partial charge < -0.3 is 38.3 Å². The van der Waals surface area contributed by atoms with Crippen molar-refractivity contribution < 1.29 is 19.5 Å². The quantitative estimate of drug-likeness (QED) is 0.0739. The Balaban J connectivity index is 1.62. The summed E-state index contributed by atoms with van der Waals surface area (Å²) in [6.07, 6.45) is 18.9. The van der Waals surface area contributed by atoms with E-state index in [2.05, 4.69) is 36.7 Å². The van der Waals surface area contributed by atoms with E-state index >= 15 is 0 Å². The number of rotatable bonds is 22. The normalized spacial score (nSPS) is 34.4. The van der Waals surface area contributed by atoms with Gasteiger partial charge in [0.05, 0.1) is 0 Å². The van der Waals surface area contributed by atoms with Crippen molar-refractivity contribution >= 4 is 17.7 Å². The number of nitrogens with one attached hydrogen (secondary N) is 3. The third-order valence-corrected chi connectivity index (χ3v) is 14.8. The Bertz CT molecular complexity index is 1120. The van der Waals surface area contributed by atoms with Gasteiger partial charge in [-0.3, -0.25) is 14.4 Å². The van der Waals surface area contributed by atoms with Gasteiger partial charge in [-0.15, -0.1) is 0 Å². The molecule has 300 valence electrons. The summed E-state index contributed by atoms with van der Waals surface area (Å²) in [6, 6.07) is 0.309. The molecule has 10 nitrogen and oxygen atoms in total. The minimum Gasteiger partial charge on any atom is -0.396 e. The summed E-state index contributed by atoms with van der Waals surface area (Å²) in [7, 11) is 0. The van der Waals surface area contributed by atoms with E-state index in [1.807, 2.05) is 0 Å². The van der Waals surface area contributed by atoms with E-state index in [0.29, 0.717) is 74.4 Å². The second-order valence-corrected chi connectivity index (χ2v) is 18.0. The fourth-order valence-electron chi connectivity index (χ4n) is 12.0. The largest absolute Gasteiger partial charge is 0.396 e. The number of aliphatic hydroxyl groups excluding tert-OH is 1. The van der Waals surface area contributed by atoms with Gasteiger partial charge in [0, 0.05) is 44.0 Å². The van der Waals surface area contributed by atoms with Crippen LogP contribution >= 0.6 is 0 Å². The monoisotopic (exact) mass is 731 g/mol. The van der Waals surface area contributed by atoms with Gasteiger partial charge in [-0.1, -0.05) is 40.0 Å². The highest BCUT2D eigenvalue weighted by Crippen LogP contribution is 2.68. The molecule has 0 heterocycles. The van der Waals surface area contributed by atoms with Gasteiger partial charge in [0.15, 0.2) is 0 Å². The predicted octanol–water partition coefficient (Wildman–Crippen LogP) is 5.29. The molecule has 4 aliphatic carbocycles. The van der Waals surface area contributed by atoms with Crippen LogP contribution < -0.4 is 33.2 Å². The van der Waals surface area contributed by atoms with Crippen molar-refractivity contribution in [2.24, 2.45) is 63.5 Å². The molecule has 0 aromatic carbocycles. The zero-order valence-electron chi connectivity index (χ0n) is 33.3. The zero-order valence-corrected chi connectivity index (χ0v) is 33.3. The number of hydrogen-bond donors (Lipinski definition) is 7. The smallest absolute Gasteiger partial charge is 0.220 e. The molecule has 4 rings (SSSR count). The molecule has 4 saturated carbocycles. The topological polar surface area (TPSA) is 186 Å². The number of amides is 3. The summed E-state index contributed by atoms with van der Waals surface area (Å²) in [6.45, 7) is 9.53.